The minimum Gasteiger partial charge on any atom is -0.395 e. The topological polar surface area (TPSA) is 49.5 Å². The zero-order valence-corrected chi connectivity index (χ0v) is 12.2. The van der Waals surface area contributed by atoms with E-state index in [9.17, 15) is 5.11 Å². The Morgan fingerprint density at radius 2 is 2.15 bits per heavy atom. The van der Waals surface area contributed by atoms with Crippen LogP contribution in [0.25, 0.3) is 0 Å². The monoisotopic (exact) mass is 274 g/mol. The van der Waals surface area contributed by atoms with Crippen molar-refractivity contribution in [3.05, 3.63) is 48.4 Å². The summed E-state index contributed by atoms with van der Waals surface area (Å²) >= 11 is 0. The van der Waals surface area contributed by atoms with Crippen LogP contribution in [0.3, 0.4) is 0 Å². The Morgan fingerprint density at radius 3 is 2.75 bits per heavy atom. The van der Waals surface area contributed by atoms with Crippen LogP contribution in [-0.4, -0.2) is 23.3 Å². The molecule has 2 rings (SSSR count). The van der Waals surface area contributed by atoms with E-state index in [-0.39, 0.29) is 12.5 Å². The number of hydrogen-bond acceptors (Lipinski definition) is 3. The quantitative estimate of drug-likeness (QED) is 0.758. The third kappa shape index (κ3) is 3.62. The molecule has 1 heterocycles. The lowest BCUT2D eigenvalue weighted by atomic mass is 9.87. The number of aliphatic hydroxyl groups excluding tert-OH is 1. The van der Waals surface area contributed by atoms with Crippen molar-refractivity contribution < 1.29 is 5.11 Å². The van der Waals surface area contributed by atoms with E-state index in [0.29, 0.717) is 12.6 Å². The first kappa shape index (κ1) is 15.1. The van der Waals surface area contributed by atoms with Gasteiger partial charge in [0.05, 0.1) is 13.3 Å². The van der Waals surface area contributed by atoms with Gasteiger partial charge >= 0.3 is 0 Å². The maximum absolute atomic E-state index is 9.41. The largest absolute Gasteiger partial charge is 0.395 e. The van der Waals surface area contributed by atoms with Gasteiger partial charge in [0, 0.05) is 17.8 Å². The third-order valence-electron chi connectivity index (χ3n) is 4.26. The van der Waals surface area contributed by atoms with Gasteiger partial charge in [0.1, 0.15) is 0 Å². The van der Waals surface area contributed by atoms with Gasteiger partial charge in [0.25, 0.3) is 0 Å². The number of nitrogens with two attached hydrogens (primary N) is 1. The van der Waals surface area contributed by atoms with Gasteiger partial charge in [-0.2, -0.15) is 0 Å². The summed E-state index contributed by atoms with van der Waals surface area (Å²) in [5.74, 6) is 0.661. The summed E-state index contributed by atoms with van der Waals surface area (Å²) in [5, 5.41) is 9.41. The molecule has 0 saturated heterocycles. The zero-order chi connectivity index (χ0) is 14.4. The second kappa shape index (κ2) is 7.46. The second-order valence-electron chi connectivity index (χ2n) is 5.63. The molecule has 3 nitrogen and oxygen atoms in total. The highest BCUT2D eigenvalue weighted by atomic mass is 16.3. The molecule has 0 aromatic carbocycles. The predicted molar refractivity (Wildman–Crippen MR) is 83.5 cm³/mol. The van der Waals surface area contributed by atoms with E-state index in [4.69, 9.17) is 5.73 Å². The number of hydrogen-bond donors (Lipinski definition) is 2. The minimum atomic E-state index is 0.000861. The summed E-state index contributed by atoms with van der Waals surface area (Å²) < 4.78 is 0. The molecule has 1 atom stereocenters. The maximum Gasteiger partial charge on any atom is 0.0700 e. The summed E-state index contributed by atoms with van der Waals surface area (Å²) in [6, 6.07) is 0. The molecule has 0 radical (unpaired) electrons. The number of allylic oxidation sites excluding steroid dienone is 3. The van der Waals surface area contributed by atoms with Gasteiger partial charge in [-0.3, -0.25) is 0 Å². The Morgan fingerprint density at radius 1 is 1.40 bits per heavy atom. The molecule has 0 spiro atoms. The molecule has 1 aliphatic heterocycles. The summed E-state index contributed by atoms with van der Waals surface area (Å²) in [6.07, 6.45) is 16.9. The van der Waals surface area contributed by atoms with Crippen LogP contribution in [0.5, 0.6) is 0 Å². The lowest BCUT2D eigenvalue weighted by Gasteiger charge is -2.28. The highest BCUT2D eigenvalue weighted by Crippen LogP contribution is 2.29. The number of rotatable bonds is 5. The van der Waals surface area contributed by atoms with Crippen LogP contribution >= 0.6 is 0 Å². The van der Waals surface area contributed by atoms with Crippen molar-refractivity contribution in [2.75, 3.05) is 13.3 Å². The molecule has 0 bridgehead atoms. The predicted octanol–water partition coefficient (Wildman–Crippen LogP) is 2.92. The molecular formula is C17H26N2O. The van der Waals surface area contributed by atoms with Crippen LogP contribution < -0.4 is 5.73 Å². The summed E-state index contributed by atoms with van der Waals surface area (Å²) in [5.41, 5.74) is 8.09. The van der Waals surface area contributed by atoms with Crippen LogP contribution in [0.15, 0.2) is 48.4 Å². The zero-order valence-electron chi connectivity index (χ0n) is 12.2. The standard InChI is InChI=1S/C17H26N2O/c1-2-15(12-20)16-8-9-19(13-18)17(11-16)10-14-6-4-3-5-7-14/h2,8-11,14-15,20H,1,3-7,12-13,18H2/b17-10-. The maximum atomic E-state index is 9.41. The molecule has 2 aliphatic rings. The van der Waals surface area contributed by atoms with Gasteiger partial charge in [-0.15, -0.1) is 6.58 Å². The average Bonchev–Trinajstić information content (AvgIpc) is 2.50. The first-order valence-electron chi connectivity index (χ1n) is 7.60. The smallest absolute Gasteiger partial charge is 0.0700 e. The van der Waals surface area contributed by atoms with Crippen molar-refractivity contribution in [1.29, 1.82) is 0 Å². The first-order valence-corrected chi connectivity index (χ1v) is 7.60. The summed E-state index contributed by atoms with van der Waals surface area (Å²) in [6.45, 7) is 4.37. The Hall–Kier alpha value is -1.32. The van der Waals surface area contributed by atoms with Gasteiger partial charge in [-0.25, -0.2) is 0 Å². The van der Waals surface area contributed by atoms with Gasteiger partial charge in [-0.1, -0.05) is 31.4 Å². The van der Waals surface area contributed by atoms with Gasteiger partial charge in [-0.05, 0) is 36.5 Å². The Labute approximate surface area is 122 Å². The van der Waals surface area contributed by atoms with E-state index >= 15 is 0 Å². The Bertz CT molecular complexity index is 417. The van der Waals surface area contributed by atoms with Crippen molar-refractivity contribution in [3.63, 3.8) is 0 Å². The summed E-state index contributed by atoms with van der Waals surface area (Å²) in [4.78, 5) is 2.07. The fourth-order valence-corrected chi connectivity index (χ4v) is 2.96. The van der Waals surface area contributed by atoms with Crippen LogP contribution in [0.2, 0.25) is 0 Å². The molecule has 1 aliphatic carbocycles. The Kier molecular flexibility index (Phi) is 5.62. The van der Waals surface area contributed by atoms with Crippen LogP contribution in [0.4, 0.5) is 0 Å². The fourth-order valence-electron chi connectivity index (χ4n) is 2.96. The normalized spacial score (nSPS) is 23.8. The van der Waals surface area contributed by atoms with Gasteiger partial charge in [0.15, 0.2) is 0 Å². The molecule has 1 fully saturated rings. The molecule has 1 saturated carbocycles. The second-order valence-corrected chi connectivity index (χ2v) is 5.63. The van der Waals surface area contributed by atoms with Gasteiger partial charge in [0.2, 0.25) is 0 Å². The molecule has 20 heavy (non-hydrogen) atoms. The summed E-state index contributed by atoms with van der Waals surface area (Å²) in [7, 11) is 0. The number of aliphatic hydroxyl groups is 1. The van der Waals surface area contributed by atoms with Crippen LogP contribution in [-0.2, 0) is 0 Å². The van der Waals surface area contributed by atoms with E-state index in [1.807, 2.05) is 12.3 Å². The molecule has 3 heteroatoms. The van der Waals surface area contributed by atoms with E-state index in [1.165, 1.54) is 32.1 Å². The molecule has 1 unspecified atom stereocenters. The molecule has 0 aromatic heterocycles. The van der Waals surface area contributed by atoms with E-state index in [2.05, 4.69) is 23.6 Å². The van der Waals surface area contributed by atoms with Crippen LogP contribution in [0.1, 0.15) is 32.1 Å². The molecular weight excluding hydrogens is 248 g/mol. The fraction of sp³-hybridized carbons (Fsp3) is 0.529. The highest BCUT2D eigenvalue weighted by molar-refractivity contribution is 5.38. The molecule has 3 N–H and O–H groups in total. The lowest BCUT2D eigenvalue weighted by molar-refractivity contribution is 0.270. The van der Waals surface area contributed by atoms with E-state index in [1.54, 1.807) is 6.08 Å². The lowest BCUT2D eigenvalue weighted by Crippen LogP contribution is -2.26. The minimum absolute atomic E-state index is 0.000861. The van der Waals surface area contributed by atoms with Crippen molar-refractivity contribution >= 4 is 0 Å². The molecule has 110 valence electrons. The van der Waals surface area contributed by atoms with Crippen LogP contribution in [0, 0.1) is 11.8 Å². The van der Waals surface area contributed by atoms with Crippen molar-refractivity contribution in [1.82, 2.24) is 4.90 Å². The Balaban J connectivity index is 2.19. The van der Waals surface area contributed by atoms with Crippen molar-refractivity contribution in [2.45, 2.75) is 32.1 Å². The van der Waals surface area contributed by atoms with E-state index < -0.39 is 0 Å². The van der Waals surface area contributed by atoms with Crippen molar-refractivity contribution in [2.24, 2.45) is 17.6 Å². The SMILES string of the molecule is C=CC(CO)C1=C/C(=C/C2CCCCC2)N(CN)C=C1. The van der Waals surface area contributed by atoms with Gasteiger partial charge < -0.3 is 15.7 Å². The first-order chi connectivity index (χ1) is 9.78. The average molecular weight is 274 g/mol. The number of nitrogens with zero attached hydrogens (tertiary/aromatic N) is 1. The highest BCUT2D eigenvalue weighted by Gasteiger charge is 2.17. The molecule has 0 aromatic rings. The third-order valence-corrected chi connectivity index (χ3v) is 4.26. The van der Waals surface area contributed by atoms with E-state index in [0.717, 1.165) is 11.3 Å². The molecule has 0 amide bonds. The van der Waals surface area contributed by atoms with Crippen molar-refractivity contribution in [3.8, 4) is 0 Å².